The molecule has 0 bridgehead atoms. The van der Waals surface area contributed by atoms with E-state index >= 15 is 0 Å². The van der Waals surface area contributed by atoms with Gasteiger partial charge in [0.2, 0.25) is 0 Å². The van der Waals surface area contributed by atoms with E-state index in [0.717, 1.165) is 22.4 Å². The maximum Gasteiger partial charge on any atom is 0.0606 e. The monoisotopic (exact) mass is 320 g/mol. The molecule has 0 fully saturated rings. The van der Waals surface area contributed by atoms with Crippen molar-refractivity contribution in [1.82, 2.24) is 0 Å². The number of aliphatic hydroxyl groups is 1. The molecule has 0 spiro atoms. The number of nitrogens with zero attached hydrogens (tertiary/aromatic N) is 1. The number of anilines is 2. The van der Waals surface area contributed by atoms with Crippen LogP contribution in [-0.2, 0) is 6.54 Å². The zero-order valence-electron chi connectivity index (χ0n) is 10.6. The van der Waals surface area contributed by atoms with Gasteiger partial charge in [0.25, 0.3) is 0 Å². The molecular formula is C15H17BrN2O. The third kappa shape index (κ3) is 3.72. The van der Waals surface area contributed by atoms with Crippen molar-refractivity contribution in [3.63, 3.8) is 0 Å². The summed E-state index contributed by atoms with van der Waals surface area (Å²) in [5.41, 5.74) is 8.72. The number of aliphatic hydroxyl groups excluding tert-OH is 1. The molecule has 0 unspecified atom stereocenters. The Morgan fingerprint density at radius 1 is 1.11 bits per heavy atom. The largest absolute Gasteiger partial charge is 0.399 e. The molecule has 0 aliphatic carbocycles. The van der Waals surface area contributed by atoms with E-state index in [2.05, 4.69) is 33.0 Å². The van der Waals surface area contributed by atoms with Crippen molar-refractivity contribution in [2.75, 3.05) is 23.8 Å². The molecule has 0 saturated heterocycles. The second-order valence-corrected chi connectivity index (χ2v) is 5.20. The number of benzene rings is 2. The first-order valence-electron chi connectivity index (χ1n) is 6.15. The van der Waals surface area contributed by atoms with Crippen LogP contribution in [0, 0.1) is 0 Å². The lowest BCUT2D eigenvalue weighted by atomic mass is 10.2. The Morgan fingerprint density at radius 2 is 1.84 bits per heavy atom. The van der Waals surface area contributed by atoms with Crippen LogP contribution in [0.15, 0.2) is 53.0 Å². The van der Waals surface area contributed by atoms with Crippen molar-refractivity contribution >= 4 is 27.3 Å². The molecule has 100 valence electrons. The molecule has 2 rings (SSSR count). The fraction of sp³-hybridized carbons (Fsp3) is 0.200. The number of nitrogen functional groups attached to an aromatic ring is 1. The number of hydrogen-bond acceptors (Lipinski definition) is 3. The molecule has 2 aromatic carbocycles. The number of halogens is 1. The molecule has 3 N–H and O–H groups in total. The van der Waals surface area contributed by atoms with Crippen LogP contribution in [0.4, 0.5) is 11.4 Å². The molecule has 0 saturated carbocycles. The number of rotatable bonds is 5. The minimum atomic E-state index is 0.115. The van der Waals surface area contributed by atoms with E-state index < -0.39 is 0 Å². The second kappa shape index (κ2) is 6.59. The lowest BCUT2D eigenvalue weighted by Gasteiger charge is -2.25. The van der Waals surface area contributed by atoms with Gasteiger partial charge in [-0.1, -0.05) is 30.3 Å². The Hall–Kier alpha value is -1.52. The van der Waals surface area contributed by atoms with E-state index in [1.165, 1.54) is 5.56 Å². The predicted molar refractivity (Wildman–Crippen MR) is 83.1 cm³/mol. The van der Waals surface area contributed by atoms with Crippen LogP contribution in [0.3, 0.4) is 0 Å². The van der Waals surface area contributed by atoms with E-state index in [4.69, 9.17) is 5.73 Å². The van der Waals surface area contributed by atoms with Gasteiger partial charge in [-0.05, 0) is 39.7 Å². The highest BCUT2D eigenvalue weighted by Gasteiger charge is 2.10. The van der Waals surface area contributed by atoms with E-state index in [0.29, 0.717) is 6.54 Å². The molecule has 2 aromatic rings. The minimum absolute atomic E-state index is 0.115. The molecule has 0 aromatic heterocycles. The third-order valence-corrected chi connectivity index (χ3v) is 3.53. The highest BCUT2D eigenvalue weighted by atomic mass is 79.9. The Morgan fingerprint density at radius 3 is 2.47 bits per heavy atom. The summed E-state index contributed by atoms with van der Waals surface area (Å²) in [5, 5.41) is 9.24. The Balaban J connectivity index is 2.24. The van der Waals surface area contributed by atoms with E-state index in [-0.39, 0.29) is 6.61 Å². The van der Waals surface area contributed by atoms with Crippen molar-refractivity contribution < 1.29 is 5.11 Å². The number of nitrogens with two attached hydrogens (primary N) is 1. The third-order valence-electron chi connectivity index (χ3n) is 2.90. The summed E-state index contributed by atoms with van der Waals surface area (Å²) in [6, 6.07) is 15.9. The van der Waals surface area contributed by atoms with E-state index in [1.54, 1.807) is 0 Å². The summed E-state index contributed by atoms with van der Waals surface area (Å²) >= 11 is 3.53. The molecule has 0 aliphatic heterocycles. The van der Waals surface area contributed by atoms with Crippen LogP contribution in [0.5, 0.6) is 0 Å². The lowest BCUT2D eigenvalue weighted by molar-refractivity contribution is 0.301. The van der Waals surface area contributed by atoms with Crippen LogP contribution in [-0.4, -0.2) is 18.3 Å². The average Bonchev–Trinajstić information content (AvgIpc) is 2.39. The van der Waals surface area contributed by atoms with Crippen LogP contribution in [0.1, 0.15) is 5.56 Å². The van der Waals surface area contributed by atoms with Crippen molar-refractivity contribution in [3.05, 3.63) is 58.6 Å². The van der Waals surface area contributed by atoms with Gasteiger partial charge in [0.05, 0.1) is 12.3 Å². The van der Waals surface area contributed by atoms with Gasteiger partial charge >= 0.3 is 0 Å². The molecular weight excluding hydrogens is 304 g/mol. The first-order valence-corrected chi connectivity index (χ1v) is 6.95. The summed E-state index contributed by atoms with van der Waals surface area (Å²) in [6.07, 6.45) is 0. The fourth-order valence-electron chi connectivity index (χ4n) is 1.99. The Labute approximate surface area is 121 Å². The van der Waals surface area contributed by atoms with Gasteiger partial charge in [0.15, 0.2) is 0 Å². The summed E-state index contributed by atoms with van der Waals surface area (Å²) in [6.45, 7) is 1.45. The van der Waals surface area contributed by atoms with Gasteiger partial charge in [-0.25, -0.2) is 0 Å². The smallest absolute Gasteiger partial charge is 0.0606 e. The van der Waals surface area contributed by atoms with Crippen molar-refractivity contribution in [2.45, 2.75) is 6.54 Å². The van der Waals surface area contributed by atoms with Crippen LogP contribution in [0.25, 0.3) is 0 Å². The average molecular weight is 321 g/mol. The first-order chi connectivity index (χ1) is 9.20. The van der Waals surface area contributed by atoms with Crippen LogP contribution < -0.4 is 10.6 Å². The highest BCUT2D eigenvalue weighted by molar-refractivity contribution is 9.10. The molecule has 0 radical (unpaired) electrons. The summed E-state index contributed by atoms with van der Waals surface area (Å²) < 4.78 is 0.942. The number of hydrogen-bond donors (Lipinski definition) is 2. The zero-order valence-corrected chi connectivity index (χ0v) is 12.2. The predicted octanol–water partition coefficient (Wildman–Crippen LogP) is 3.03. The summed E-state index contributed by atoms with van der Waals surface area (Å²) in [4.78, 5) is 2.12. The van der Waals surface area contributed by atoms with Crippen molar-refractivity contribution in [1.29, 1.82) is 0 Å². The zero-order chi connectivity index (χ0) is 13.7. The van der Waals surface area contributed by atoms with Gasteiger partial charge in [0, 0.05) is 23.2 Å². The van der Waals surface area contributed by atoms with E-state index in [9.17, 15) is 5.11 Å². The highest BCUT2D eigenvalue weighted by Crippen LogP contribution is 2.29. The molecule has 0 heterocycles. The first kappa shape index (κ1) is 13.9. The standard InChI is InChI=1S/C15H17BrN2O/c16-14-10-13(17)6-7-15(14)18(8-9-19)11-12-4-2-1-3-5-12/h1-7,10,19H,8-9,11,17H2. The molecule has 0 amide bonds. The summed E-state index contributed by atoms with van der Waals surface area (Å²) in [7, 11) is 0. The molecule has 4 heteroatoms. The second-order valence-electron chi connectivity index (χ2n) is 4.34. The van der Waals surface area contributed by atoms with Crippen molar-refractivity contribution in [2.24, 2.45) is 0 Å². The van der Waals surface area contributed by atoms with Crippen LogP contribution >= 0.6 is 15.9 Å². The van der Waals surface area contributed by atoms with Gasteiger partial charge in [-0.3, -0.25) is 0 Å². The quantitative estimate of drug-likeness (QED) is 0.832. The van der Waals surface area contributed by atoms with Gasteiger partial charge < -0.3 is 15.7 Å². The molecule has 0 aliphatic rings. The molecule has 0 atom stereocenters. The summed E-state index contributed by atoms with van der Waals surface area (Å²) in [5.74, 6) is 0. The minimum Gasteiger partial charge on any atom is -0.399 e. The van der Waals surface area contributed by atoms with Gasteiger partial charge in [-0.15, -0.1) is 0 Å². The SMILES string of the molecule is Nc1ccc(N(CCO)Cc2ccccc2)c(Br)c1. The fourth-order valence-corrected chi connectivity index (χ4v) is 2.64. The molecule has 19 heavy (non-hydrogen) atoms. The maximum absolute atomic E-state index is 9.24. The lowest BCUT2D eigenvalue weighted by Crippen LogP contribution is -2.26. The van der Waals surface area contributed by atoms with Crippen molar-refractivity contribution in [3.8, 4) is 0 Å². The topological polar surface area (TPSA) is 49.5 Å². The maximum atomic E-state index is 9.24. The van der Waals surface area contributed by atoms with Gasteiger partial charge in [-0.2, -0.15) is 0 Å². The van der Waals surface area contributed by atoms with Gasteiger partial charge in [0.1, 0.15) is 0 Å². The molecule has 3 nitrogen and oxygen atoms in total. The normalized spacial score (nSPS) is 10.4. The van der Waals surface area contributed by atoms with E-state index in [1.807, 2.05) is 36.4 Å². The Bertz CT molecular complexity index is 531. The van der Waals surface area contributed by atoms with Crippen LogP contribution in [0.2, 0.25) is 0 Å². The Kier molecular flexibility index (Phi) is 4.82.